The summed E-state index contributed by atoms with van der Waals surface area (Å²) >= 11 is 0. The van der Waals surface area contributed by atoms with Gasteiger partial charge in [-0.05, 0) is 60.1 Å². The van der Waals surface area contributed by atoms with Crippen LogP contribution in [0.15, 0.2) is 18.2 Å². The van der Waals surface area contributed by atoms with E-state index in [0.717, 1.165) is 18.4 Å². The molecule has 0 spiro atoms. The minimum atomic E-state index is -0.881. The van der Waals surface area contributed by atoms with Gasteiger partial charge in [0, 0.05) is 0 Å². The fraction of sp³-hybridized carbons (Fsp3) is 0.652. The first-order valence-electron chi connectivity index (χ1n) is 10.1. The molecule has 1 aromatic carbocycles. The van der Waals surface area contributed by atoms with Crippen LogP contribution in [0.4, 0.5) is 0 Å². The van der Waals surface area contributed by atoms with Gasteiger partial charge in [0.05, 0.1) is 11.8 Å². The van der Waals surface area contributed by atoms with Gasteiger partial charge in [-0.2, -0.15) is 0 Å². The third-order valence-electron chi connectivity index (χ3n) is 4.92. The van der Waals surface area contributed by atoms with E-state index in [2.05, 4.69) is 13.8 Å². The van der Waals surface area contributed by atoms with E-state index in [1.54, 1.807) is 0 Å². The second-order valence-electron chi connectivity index (χ2n) is 8.94. The van der Waals surface area contributed by atoms with Gasteiger partial charge >= 0.3 is 11.9 Å². The van der Waals surface area contributed by atoms with Gasteiger partial charge in [0.25, 0.3) is 0 Å². The second kappa shape index (κ2) is 10.5. The van der Waals surface area contributed by atoms with Crippen molar-refractivity contribution < 1.29 is 19.8 Å². The lowest BCUT2D eigenvalue weighted by Gasteiger charge is -2.24. The Morgan fingerprint density at radius 1 is 0.778 bits per heavy atom. The third kappa shape index (κ3) is 7.36. The summed E-state index contributed by atoms with van der Waals surface area (Å²) in [6.45, 7) is 12.3. The molecule has 2 N–H and O–H groups in total. The van der Waals surface area contributed by atoms with E-state index in [-0.39, 0.29) is 11.8 Å². The van der Waals surface area contributed by atoms with Crippen LogP contribution in [0.5, 0.6) is 0 Å². The van der Waals surface area contributed by atoms with Crippen LogP contribution in [0, 0.1) is 17.8 Å². The van der Waals surface area contributed by atoms with Crippen LogP contribution in [-0.4, -0.2) is 22.2 Å². The summed E-state index contributed by atoms with van der Waals surface area (Å²) in [6, 6.07) is 5.79. The molecule has 0 saturated heterocycles. The minimum Gasteiger partial charge on any atom is -0.481 e. The van der Waals surface area contributed by atoms with Gasteiger partial charge in [-0.15, -0.1) is 0 Å². The smallest absolute Gasteiger partial charge is 0.310 e. The van der Waals surface area contributed by atoms with Crippen molar-refractivity contribution in [2.45, 2.75) is 79.1 Å². The van der Waals surface area contributed by atoms with Gasteiger partial charge in [-0.1, -0.05) is 59.7 Å². The van der Waals surface area contributed by atoms with E-state index in [1.165, 1.54) is 0 Å². The Morgan fingerprint density at radius 2 is 1.26 bits per heavy atom. The molecule has 0 saturated carbocycles. The highest BCUT2D eigenvalue weighted by atomic mass is 16.4. The summed E-state index contributed by atoms with van der Waals surface area (Å²) in [6.07, 6.45) is 2.90. The van der Waals surface area contributed by atoms with Crippen LogP contribution >= 0.6 is 0 Å². The first kappa shape index (κ1) is 23.2. The standard InChI is InChI=1S/C23H36O4/c1-14(2)7-8-17-9-10-18(20(22(24)25)11-15(3)4)19(13-17)21(23(26)27)12-16(5)6/h9-10,13-16,20-21H,7-8,11-12H2,1-6H3,(H,24,25)(H,26,27). The summed E-state index contributed by atoms with van der Waals surface area (Å²) in [7, 11) is 0. The maximum Gasteiger partial charge on any atom is 0.310 e. The predicted octanol–water partition coefficient (Wildman–Crippen LogP) is 5.70. The van der Waals surface area contributed by atoms with Gasteiger partial charge in [0.15, 0.2) is 0 Å². The Bertz CT molecular complexity index is 631. The molecule has 2 atom stereocenters. The van der Waals surface area contributed by atoms with E-state index >= 15 is 0 Å². The minimum absolute atomic E-state index is 0.214. The molecule has 0 heterocycles. The Labute approximate surface area is 164 Å². The van der Waals surface area contributed by atoms with Gasteiger partial charge in [-0.25, -0.2) is 0 Å². The van der Waals surface area contributed by atoms with Gasteiger partial charge in [0.2, 0.25) is 0 Å². The Kier molecular flexibility index (Phi) is 9.01. The molecule has 1 aromatic rings. The molecule has 0 aliphatic carbocycles. The Balaban J connectivity index is 3.46. The normalized spacial score (nSPS) is 14.0. The fourth-order valence-corrected chi connectivity index (χ4v) is 3.52. The van der Waals surface area contributed by atoms with Crippen LogP contribution in [-0.2, 0) is 16.0 Å². The zero-order valence-electron chi connectivity index (χ0n) is 17.7. The fourth-order valence-electron chi connectivity index (χ4n) is 3.52. The van der Waals surface area contributed by atoms with Gasteiger partial charge in [0.1, 0.15) is 0 Å². The van der Waals surface area contributed by atoms with E-state index in [4.69, 9.17) is 0 Å². The number of hydrogen-bond acceptors (Lipinski definition) is 2. The van der Waals surface area contributed by atoms with Crippen LogP contribution in [0.2, 0.25) is 0 Å². The molecule has 0 fully saturated rings. The first-order chi connectivity index (χ1) is 12.5. The number of carboxylic acids is 2. The topological polar surface area (TPSA) is 74.6 Å². The Morgan fingerprint density at radius 3 is 1.67 bits per heavy atom. The monoisotopic (exact) mass is 376 g/mol. The molecule has 0 aliphatic rings. The van der Waals surface area contributed by atoms with Gasteiger partial charge in [-0.3, -0.25) is 9.59 Å². The summed E-state index contributed by atoms with van der Waals surface area (Å²) in [5.74, 6) is -2.11. The maximum absolute atomic E-state index is 12.0. The molecular weight excluding hydrogens is 340 g/mol. The molecule has 0 amide bonds. The molecule has 4 nitrogen and oxygen atoms in total. The lowest BCUT2D eigenvalue weighted by Crippen LogP contribution is -2.21. The second-order valence-corrected chi connectivity index (χ2v) is 8.94. The zero-order valence-corrected chi connectivity index (χ0v) is 17.7. The molecule has 4 heteroatoms. The van der Waals surface area contributed by atoms with Crippen molar-refractivity contribution in [2.24, 2.45) is 17.8 Å². The SMILES string of the molecule is CC(C)CCc1ccc(C(CC(C)C)C(=O)O)c(C(CC(C)C)C(=O)O)c1. The number of benzene rings is 1. The number of carboxylic acid groups (broad SMARTS) is 2. The van der Waals surface area contributed by atoms with Crippen molar-refractivity contribution in [3.05, 3.63) is 34.9 Å². The number of aliphatic carboxylic acids is 2. The molecule has 27 heavy (non-hydrogen) atoms. The highest BCUT2D eigenvalue weighted by Gasteiger charge is 2.30. The number of rotatable bonds is 11. The first-order valence-corrected chi connectivity index (χ1v) is 10.1. The summed E-state index contributed by atoms with van der Waals surface area (Å²) in [4.78, 5) is 24.0. The van der Waals surface area contributed by atoms with E-state index in [0.29, 0.717) is 29.9 Å². The average molecular weight is 377 g/mol. The van der Waals surface area contributed by atoms with E-state index < -0.39 is 23.8 Å². The lowest BCUT2D eigenvalue weighted by molar-refractivity contribution is -0.140. The molecule has 0 aliphatic heterocycles. The zero-order chi connectivity index (χ0) is 20.7. The molecule has 2 unspecified atom stereocenters. The number of aryl methyl sites for hydroxylation is 1. The highest BCUT2D eigenvalue weighted by Crippen LogP contribution is 2.35. The summed E-state index contributed by atoms with van der Waals surface area (Å²) in [5, 5.41) is 19.7. The molecular formula is C23H36O4. The van der Waals surface area contributed by atoms with Crippen molar-refractivity contribution >= 4 is 11.9 Å². The maximum atomic E-state index is 12.0. The predicted molar refractivity (Wildman–Crippen MR) is 109 cm³/mol. The van der Waals surface area contributed by atoms with E-state index in [9.17, 15) is 19.8 Å². The van der Waals surface area contributed by atoms with E-state index in [1.807, 2.05) is 45.9 Å². The van der Waals surface area contributed by atoms with Crippen molar-refractivity contribution in [1.82, 2.24) is 0 Å². The molecule has 0 radical (unpaired) electrons. The molecule has 152 valence electrons. The highest BCUT2D eigenvalue weighted by molar-refractivity contribution is 5.80. The van der Waals surface area contributed by atoms with Crippen molar-refractivity contribution in [3.8, 4) is 0 Å². The third-order valence-corrected chi connectivity index (χ3v) is 4.92. The molecule has 0 aromatic heterocycles. The molecule has 1 rings (SSSR count). The number of carbonyl (C=O) groups is 2. The number of hydrogen-bond donors (Lipinski definition) is 2. The van der Waals surface area contributed by atoms with Gasteiger partial charge < -0.3 is 10.2 Å². The van der Waals surface area contributed by atoms with Crippen molar-refractivity contribution in [2.75, 3.05) is 0 Å². The Hall–Kier alpha value is -1.84. The summed E-state index contributed by atoms with van der Waals surface area (Å²) < 4.78 is 0. The van der Waals surface area contributed by atoms with Crippen molar-refractivity contribution in [3.63, 3.8) is 0 Å². The van der Waals surface area contributed by atoms with Crippen LogP contribution in [0.25, 0.3) is 0 Å². The summed E-state index contributed by atoms with van der Waals surface area (Å²) in [5.41, 5.74) is 2.44. The van der Waals surface area contributed by atoms with Crippen molar-refractivity contribution in [1.29, 1.82) is 0 Å². The largest absolute Gasteiger partial charge is 0.481 e. The van der Waals surface area contributed by atoms with Crippen LogP contribution in [0.1, 0.15) is 89.3 Å². The molecule has 0 bridgehead atoms. The van der Waals surface area contributed by atoms with Crippen LogP contribution < -0.4 is 0 Å². The van der Waals surface area contributed by atoms with Crippen LogP contribution in [0.3, 0.4) is 0 Å². The average Bonchev–Trinajstić information content (AvgIpc) is 2.55. The lowest BCUT2D eigenvalue weighted by atomic mass is 9.80. The quantitative estimate of drug-likeness (QED) is 0.519.